The first kappa shape index (κ1) is 6.58. The molecule has 0 aliphatic heterocycles. The number of rotatable bonds is 2. The fourth-order valence-electron chi connectivity index (χ4n) is 1.14. The molecule has 0 radical (unpaired) electrons. The summed E-state index contributed by atoms with van der Waals surface area (Å²) >= 11 is 0. The molecule has 2 N–H and O–H groups in total. The summed E-state index contributed by atoms with van der Waals surface area (Å²) in [5.41, 5.74) is 6.52. The SMILES string of the molecule is Nc1cncc(CC2CC2)n1. The summed E-state index contributed by atoms with van der Waals surface area (Å²) in [4.78, 5) is 8.15. The van der Waals surface area contributed by atoms with Gasteiger partial charge < -0.3 is 5.73 Å². The van der Waals surface area contributed by atoms with Crippen molar-refractivity contribution in [3.8, 4) is 0 Å². The van der Waals surface area contributed by atoms with E-state index in [1.54, 1.807) is 12.4 Å². The third-order valence-corrected chi connectivity index (χ3v) is 1.90. The Balaban J connectivity index is 2.10. The summed E-state index contributed by atoms with van der Waals surface area (Å²) in [6.45, 7) is 0. The van der Waals surface area contributed by atoms with E-state index in [0.717, 1.165) is 18.0 Å². The molecule has 0 saturated heterocycles. The molecule has 1 aromatic heterocycles. The first-order valence-electron chi connectivity index (χ1n) is 3.91. The van der Waals surface area contributed by atoms with Crippen LogP contribution in [0.1, 0.15) is 18.5 Å². The zero-order valence-electron chi connectivity index (χ0n) is 6.33. The summed E-state index contributed by atoms with van der Waals surface area (Å²) in [6, 6.07) is 0. The first-order valence-corrected chi connectivity index (χ1v) is 3.91. The highest BCUT2D eigenvalue weighted by Crippen LogP contribution is 2.31. The van der Waals surface area contributed by atoms with E-state index in [1.165, 1.54) is 12.8 Å². The van der Waals surface area contributed by atoms with Crippen LogP contribution in [0.2, 0.25) is 0 Å². The van der Waals surface area contributed by atoms with Crippen molar-refractivity contribution in [3.63, 3.8) is 0 Å². The van der Waals surface area contributed by atoms with E-state index >= 15 is 0 Å². The molecule has 1 aromatic rings. The van der Waals surface area contributed by atoms with Crippen LogP contribution in [-0.2, 0) is 6.42 Å². The van der Waals surface area contributed by atoms with Gasteiger partial charge in [-0.05, 0) is 25.2 Å². The van der Waals surface area contributed by atoms with Crippen molar-refractivity contribution in [2.75, 3.05) is 5.73 Å². The lowest BCUT2D eigenvalue weighted by Crippen LogP contribution is -1.97. The van der Waals surface area contributed by atoms with Crippen LogP contribution in [-0.4, -0.2) is 9.97 Å². The minimum atomic E-state index is 0.531. The normalized spacial score (nSPS) is 16.7. The second-order valence-corrected chi connectivity index (χ2v) is 3.08. The second-order valence-electron chi connectivity index (χ2n) is 3.08. The predicted molar refractivity (Wildman–Crippen MR) is 42.9 cm³/mol. The molecule has 0 spiro atoms. The van der Waals surface area contributed by atoms with Crippen molar-refractivity contribution in [1.29, 1.82) is 0 Å². The van der Waals surface area contributed by atoms with Crippen molar-refractivity contribution in [2.24, 2.45) is 5.92 Å². The highest BCUT2D eigenvalue weighted by molar-refractivity contribution is 5.24. The summed E-state index contributed by atoms with van der Waals surface area (Å²) in [5, 5.41) is 0. The summed E-state index contributed by atoms with van der Waals surface area (Å²) < 4.78 is 0. The van der Waals surface area contributed by atoms with Crippen LogP contribution >= 0.6 is 0 Å². The van der Waals surface area contributed by atoms with Crippen LogP contribution in [0.3, 0.4) is 0 Å². The fourth-order valence-corrected chi connectivity index (χ4v) is 1.14. The number of aromatic nitrogens is 2. The van der Waals surface area contributed by atoms with Crippen molar-refractivity contribution in [2.45, 2.75) is 19.3 Å². The molecule has 58 valence electrons. The quantitative estimate of drug-likeness (QED) is 0.682. The topological polar surface area (TPSA) is 51.8 Å². The standard InChI is InChI=1S/C8H11N3/c9-8-5-10-4-7(11-8)3-6-1-2-6/h4-6H,1-3H2,(H2,9,11). The van der Waals surface area contributed by atoms with E-state index < -0.39 is 0 Å². The van der Waals surface area contributed by atoms with Crippen LogP contribution in [0.25, 0.3) is 0 Å². The van der Waals surface area contributed by atoms with Gasteiger partial charge in [0.2, 0.25) is 0 Å². The van der Waals surface area contributed by atoms with Crippen molar-refractivity contribution in [3.05, 3.63) is 18.1 Å². The molecule has 2 rings (SSSR count). The number of anilines is 1. The molecule has 3 heteroatoms. The molecule has 1 saturated carbocycles. The number of hydrogen-bond donors (Lipinski definition) is 1. The van der Waals surface area contributed by atoms with Gasteiger partial charge in [0.25, 0.3) is 0 Å². The van der Waals surface area contributed by atoms with E-state index in [0.29, 0.717) is 5.82 Å². The maximum absolute atomic E-state index is 5.48. The molecule has 1 heterocycles. The largest absolute Gasteiger partial charge is 0.382 e. The molecule has 1 fully saturated rings. The lowest BCUT2D eigenvalue weighted by Gasteiger charge is -1.97. The van der Waals surface area contributed by atoms with Crippen LogP contribution < -0.4 is 5.73 Å². The summed E-state index contributed by atoms with van der Waals surface area (Å²) in [5.74, 6) is 1.38. The third-order valence-electron chi connectivity index (χ3n) is 1.90. The monoisotopic (exact) mass is 149 g/mol. The van der Waals surface area contributed by atoms with Gasteiger partial charge in [-0.15, -0.1) is 0 Å². The van der Waals surface area contributed by atoms with Crippen LogP contribution in [0.15, 0.2) is 12.4 Å². The smallest absolute Gasteiger partial charge is 0.142 e. The molecule has 1 aliphatic rings. The van der Waals surface area contributed by atoms with Gasteiger partial charge >= 0.3 is 0 Å². The summed E-state index contributed by atoms with van der Waals surface area (Å²) in [6.07, 6.45) is 7.12. The second kappa shape index (κ2) is 2.49. The molecule has 11 heavy (non-hydrogen) atoms. The van der Waals surface area contributed by atoms with Crippen LogP contribution in [0, 0.1) is 5.92 Å². The Kier molecular flexibility index (Phi) is 1.49. The minimum absolute atomic E-state index is 0.531. The number of nitrogens with two attached hydrogens (primary N) is 1. The van der Waals surface area contributed by atoms with E-state index in [2.05, 4.69) is 9.97 Å². The Bertz CT molecular complexity index is 255. The number of nitrogen functional groups attached to an aromatic ring is 1. The van der Waals surface area contributed by atoms with Crippen molar-refractivity contribution < 1.29 is 0 Å². The maximum Gasteiger partial charge on any atom is 0.142 e. The first-order chi connectivity index (χ1) is 5.34. The number of nitrogens with zero attached hydrogens (tertiary/aromatic N) is 2. The highest BCUT2D eigenvalue weighted by Gasteiger charge is 2.21. The molecule has 0 unspecified atom stereocenters. The molecule has 0 aromatic carbocycles. The van der Waals surface area contributed by atoms with Gasteiger partial charge in [0.15, 0.2) is 0 Å². The highest BCUT2D eigenvalue weighted by atomic mass is 14.9. The molecule has 0 bridgehead atoms. The average Bonchev–Trinajstić information content (AvgIpc) is 2.71. The van der Waals surface area contributed by atoms with Gasteiger partial charge in [-0.2, -0.15) is 0 Å². The zero-order chi connectivity index (χ0) is 7.68. The lowest BCUT2D eigenvalue weighted by atomic mass is 10.2. The van der Waals surface area contributed by atoms with E-state index in [-0.39, 0.29) is 0 Å². The van der Waals surface area contributed by atoms with Gasteiger partial charge in [-0.1, -0.05) is 0 Å². The summed E-state index contributed by atoms with van der Waals surface area (Å²) in [7, 11) is 0. The average molecular weight is 149 g/mol. The van der Waals surface area contributed by atoms with Gasteiger partial charge in [0, 0.05) is 6.20 Å². The Hall–Kier alpha value is -1.12. The molecule has 3 nitrogen and oxygen atoms in total. The van der Waals surface area contributed by atoms with E-state index in [9.17, 15) is 0 Å². The van der Waals surface area contributed by atoms with Gasteiger partial charge in [0.05, 0.1) is 11.9 Å². The van der Waals surface area contributed by atoms with Crippen molar-refractivity contribution in [1.82, 2.24) is 9.97 Å². The van der Waals surface area contributed by atoms with E-state index in [4.69, 9.17) is 5.73 Å². The molecular formula is C8H11N3. The van der Waals surface area contributed by atoms with Crippen molar-refractivity contribution >= 4 is 5.82 Å². The number of hydrogen-bond acceptors (Lipinski definition) is 3. The Morgan fingerprint density at radius 2 is 2.27 bits per heavy atom. The maximum atomic E-state index is 5.48. The fraction of sp³-hybridized carbons (Fsp3) is 0.500. The zero-order valence-corrected chi connectivity index (χ0v) is 6.33. The Labute approximate surface area is 65.7 Å². The van der Waals surface area contributed by atoms with E-state index in [1.807, 2.05) is 0 Å². The molecule has 1 aliphatic carbocycles. The molecular weight excluding hydrogens is 138 g/mol. The minimum Gasteiger partial charge on any atom is -0.382 e. The Morgan fingerprint density at radius 3 is 2.91 bits per heavy atom. The molecule has 0 amide bonds. The van der Waals surface area contributed by atoms with Gasteiger partial charge in [-0.3, -0.25) is 4.98 Å². The van der Waals surface area contributed by atoms with Crippen LogP contribution in [0.4, 0.5) is 5.82 Å². The Morgan fingerprint density at radius 1 is 1.45 bits per heavy atom. The van der Waals surface area contributed by atoms with Gasteiger partial charge in [0.1, 0.15) is 5.82 Å². The molecule has 0 atom stereocenters. The van der Waals surface area contributed by atoms with Gasteiger partial charge in [-0.25, -0.2) is 4.98 Å². The predicted octanol–water partition coefficient (Wildman–Crippen LogP) is 1.01. The third kappa shape index (κ3) is 1.67. The lowest BCUT2D eigenvalue weighted by molar-refractivity contribution is 0.799. The van der Waals surface area contributed by atoms with Crippen LogP contribution in [0.5, 0.6) is 0 Å².